The highest BCUT2D eigenvalue weighted by atomic mass is 19.0. The van der Waals surface area contributed by atoms with Crippen LogP contribution < -0.4 is 0 Å². The van der Waals surface area contributed by atoms with E-state index in [-0.39, 0.29) is 14.1 Å². The topological polar surface area (TPSA) is 0 Å². The first-order valence-corrected chi connectivity index (χ1v) is 3.35. The summed E-state index contributed by atoms with van der Waals surface area (Å²) < 4.78 is 0. The summed E-state index contributed by atoms with van der Waals surface area (Å²) in [5.74, 6) is 0. The molecular formula is C6H18BF3. The minimum atomic E-state index is 0. The second-order valence-electron chi connectivity index (χ2n) is 2.09. The van der Waals surface area contributed by atoms with Crippen LogP contribution >= 0.6 is 0 Å². The lowest BCUT2D eigenvalue weighted by Crippen LogP contribution is -2.04. The van der Waals surface area contributed by atoms with E-state index in [0.717, 1.165) is 6.71 Å². The molecule has 0 saturated heterocycles. The van der Waals surface area contributed by atoms with Crippen LogP contribution in [0.15, 0.2) is 0 Å². The van der Waals surface area contributed by atoms with Crippen molar-refractivity contribution >= 4 is 6.71 Å². The number of hydrogen-bond donors (Lipinski definition) is 0. The van der Waals surface area contributed by atoms with Crippen molar-refractivity contribution in [2.75, 3.05) is 0 Å². The van der Waals surface area contributed by atoms with Crippen LogP contribution in [0, 0.1) is 0 Å². The molecule has 0 bridgehead atoms. The van der Waals surface area contributed by atoms with Gasteiger partial charge < -0.3 is 0 Å². The maximum Gasteiger partial charge on any atom is 0.139 e. The van der Waals surface area contributed by atoms with Gasteiger partial charge in [0.25, 0.3) is 0 Å². The van der Waals surface area contributed by atoms with Crippen molar-refractivity contribution in [2.24, 2.45) is 0 Å². The monoisotopic (exact) mass is 158 g/mol. The largest absolute Gasteiger partial charge is 0.269 e. The molecule has 0 unspecified atom stereocenters. The Hall–Kier alpha value is -0.145. The Morgan fingerprint density at radius 1 is 0.700 bits per heavy atom. The summed E-state index contributed by atoms with van der Waals surface area (Å²) in [4.78, 5) is 0. The van der Waals surface area contributed by atoms with Crippen molar-refractivity contribution in [2.45, 2.75) is 39.7 Å². The van der Waals surface area contributed by atoms with Crippen molar-refractivity contribution in [3.63, 3.8) is 0 Å². The minimum Gasteiger partial charge on any atom is -0.269 e. The van der Waals surface area contributed by atoms with Crippen LogP contribution in [0.1, 0.15) is 20.8 Å². The Kier molecular flexibility index (Phi) is 35.9. The summed E-state index contributed by atoms with van der Waals surface area (Å²) in [5, 5.41) is 0. The van der Waals surface area contributed by atoms with E-state index in [4.69, 9.17) is 0 Å². The molecule has 0 aliphatic carbocycles. The van der Waals surface area contributed by atoms with Crippen molar-refractivity contribution in [3.8, 4) is 0 Å². The first-order chi connectivity index (χ1) is 3.35. The molecule has 0 aromatic heterocycles. The Bertz CT molecular complexity index is 34.5. The first-order valence-electron chi connectivity index (χ1n) is 3.35. The zero-order chi connectivity index (χ0) is 5.70. The third-order valence-electron chi connectivity index (χ3n) is 1.73. The van der Waals surface area contributed by atoms with E-state index >= 15 is 0 Å². The molecule has 0 aromatic carbocycles. The van der Waals surface area contributed by atoms with Gasteiger partial charge in [-0.05, 0) is 0 Å². The van der Waals surface area contributed by atoms with E-state index in [1.165, 1.54) is 19.0 Å². The van der Waals surface area contributed by atoms with E-state index in [1.807, 2.05) is 0 Å². The first kappa shape index (κ1) is 22.5. The van der Waals surface area contributed by atoms with E-state index in [2.05, 4.69) is 20.8 Å². The van der Waals surface area contributed by atoms with E-state index < -0.39 is 0 Å². The van der Waals surface area contributed by atoms with Gasteiger partial charge >= 0.3 is 0 Å². The van der Waals surface area contributed by atoms with Gasteiger partial charge in [0.2, 0.25) is 0 Å². The zero-order valence-electron chi connectivity index (χ0n) is 6.92. The average Bonchev–Trinajstić information content (AvgIpc) is 1.72. The molecule has 0 N–H and O–H groups in total. The molecular weight excluding hydrogens is 140 g/mol. The molecule has 0 heterocycles. The molecule has 0 aliphatic heterocycles. The quantitative estimate of drug-likeness (QED) is 0.553. The second kappa shape index (κ2) is 15.9. The molecule has 0 saturated carbocycles. The predicted molar refractivity (Wildman–Crippen MR) is 44.7 cm³/mol. The fourth-order valence-corrected chi connectivity index (χ4v) is 0.866. The van der Waals surface area contributed by atoms with Crippen LogP contribution in [0.2, 0.25) is 19.0 Å². The average molecular weight is 158 g/mol. The highest BCUT2D eigenvalue weighted by Gasteiger charge is 2.01. The van der Waals surface area contributed by atoms with Crippen LogP contribution in [0.3, 0.4) is 0 Å². The van der Waals surface area contributed by atoms with Gasteiger partial charge in [0.05, 0.1) is 0 Å². The fraction of sp³-hybridized carbons (Fsp3) is 1.00. The molecule has 66 valence electrons. The molecule has 4 heteroatoms. The van der Waals surface area contributed by atoms with Crippen LogP contribution in [-0.4, -0.2) is 6.71 Å². The number of hydrogen-bond acceptors (Lipinski definition) is 0. The summed E-state index contributed by atoms with van der Waals surface area (Å²) in [7, 11) is 0. The van der Waals surface area contributed by atoms with Crippen LogP contribution in [0.4, 0.5) is 14.1 Å². The van der Waals surface area contributed by atoms with Crippen LogP contribution in [0.25, 0.3) is 0 Å². The maximum atomic E-state index is 2.26. The lowest BCUT2D eigenvalue weighted by atomic mass is 9.44. The van der Waals surface area contributed by atoms with Crippen molar-refractivity contribution < 1.29 is 14.1 Å². The van der Waals surface area contributed by atoms with E-state index in [9.17, 15) is 0 Å². The van der Waals surface area contributed by atoms with Gasteiger partial charge in [-0.25, -0.2) is 0 Å². The lowest BCUT2D eigenvalue weighted by Gasteiger charge is -2.00. The Morgan fingerprint density at radius 3 is 0.900 bits per heavy atom. The maximum absolute atomic E-state index is 2.26. The molecule has 0 aliphatic rings. The zero-order valence-corrected chi connectivity index (χ0v) is 6.92. The van der Waals surface area contributed by atoms with E-state index in [1.54, 1.807) is 0 Å². The second-order valence-corrected chi connectivity index (χ2v) is 2.09. The van der Waals surface area contributed by atoms with Crippen molar-refractivity contribution in [3.05, 3.63) is 0 Å². The third kappa shape index (κ3) is 10.8. The highest BCUT2D eigenvalue weighted by molar-refractivity contribution is 6.58. The van der Waals surface area contributed by atoms with Gasteiger partial charge in [-0.1, -0.05) is 39.7 Å². The summed E-state index contributed by atoms with van der Waals surface area (Å²) in [6, 6.07) is 0. The predicted octanol–water partition coefficient (Wildman–Crippen LogP) is 3.00. The molecule has 0 fully saturated rings. The SMILES string of the molecule is CCB(CC)CC.F.F.F. The van der Waals surface area contributed by atoms with E-state index in [0.29, 0.717) is 0 Å². The Morgan fingerprint density at radius 2 is 0.900 bits per heavy atom. The highest BCUT2D eigenvalue weighted by Crippen LogP contribution is 2.01. The fourth-order valence-electron chi connectivity index (χ4n) is 0.866. The molecule has 0 rings (SSSR count). The van der Waals surface area contributed by atoms with Gasteiger partial charge in [-0.2, -0.15) is 0 Å². The standard InChI is InChI=1S/C6H15B.3FH/c1-4-7(5-2)6-3;;;/h4-6H2,1-3H3;3*1H. The Balaban J connectivity index is -0.0000000600. The summed E-state index contributed by atoms with van der Waals surface area (Å²) >= 11 is 0. The summed E-state index contributed by atoms with van der Waals surface area (Å²) in [5.41, 5.74) is 0. The number of halogens is 3. The molecule has 0 nitrogen and oxygen atoms in total. The molecule has 0 amide bonds. The lowest BCUT2D eigenvalue weighted by molar-refractivity contribution is 1.11. The summed E-state index contributed by atoms with van der Waals surface area (Å²) in [6.45, 7) is 7.77. The molecule has 0 radical (unpaired) electrons. The van der Waals surface area contributed by atoms with Gasteiger partial charge in [-0.15, -0.1) is 0 Å². The smallest absolute Gasteiger partial charge is 0.139 e. The van der Waals surface area contributed by atoms with Gasteiger partial charge in [-0.3, -0.25) is 14.1 Å². The van der Waals surface area contributed by atoms with Crippen LogP contribution in [-0.2, 0) is 0 Å². The summed E-state index contributed by atoms with van der Waals surface area (Å²) in [6.07, 6.45) is 4.06. The number of rotatable bonds is 3. The van der Waals surface area contributed by atoms with Crippen molar-refractivity contribution in [1.82, 2.24) is 0 Å². The molecule has 0 atom stereocenters. The third-order valence-corrected chi connectivity index (χ3v) is 1.73. The van der Waals surface area contributed by atoms with Gasteiger partial charge in [0.1, 0.15) is 6.71 Å². The minimum absolute atomic E-state index is 0. The van der Waals surface area contributed by atoms with Crippen molar-refractivity contribution in [1.29, 1.82) is 0 Å². The normalized spacial score (nSPS) is 6.30. The Labute approximate surface area is 61.6 Å². The molecule has 0 spiro atoms. The van der Waals surface area contributed by atoms with Gasteiger partial charge in [0.15, 0.2) is 0 Å². The molecule has 10 heavy (non-hydrogen) atoms. The van der Waals surface area contributed by atoms with Crippen LogP contribution in [0.5, 0.6) is 0 Å². The molecule has 0 aromatic rings. The van der Waals surface area contributed by atoms with Gasteiger partial charge in [0, 0.05) is 0 Å².